The molecule has 0 aliphatic rings. The minimum Gasteiger partial charge on any atom is -0.508 e. The number of ether oxygens (including phenoxy) is 1. The molecule has 2 aromatic carbocycles. The Labute approximate surface area is 175 Å². The number of nitrogens with one attached hydrogen (secondary N) is 1. The maximum Gasteiger partial charge on any atom is 0.251 e. The average Bonchev–Trinajstić information content (AvgIpc) is 2.71. The number of carbonyl (C=O) groups excluding carboxylic acids is 1. The van der Waals surface area contributed by atoms with E-state index >= 15 is 0 Å². The van der Waals surface area contributed by atoms with E-state index in [0.717, 1.165) is 54.5 Å². The number of methoxy groups -OCH3 is 1. The zero-order valence-corrected chi connectivity index (χ0v) is 18.2. The fourth-order valence-corrected chi connectivity index (χ4v) is 3.71. The van der Waals surface area contributed by atoms with E-state index in [1.54, 1.807) is 19.2 Å². The van der Waals surface area contributed by atoms with Crippen molar-refractivity contribution in [1.29, 1.82) is 0 Å². The first kappa shape index (κ1) is 22.8. The lowest BCUT2D eigenvalue weighted by molar-refractivity contribution is 0.0952. The summed E-state index contributed by atoms with van der Waals surface area (Å²) in [6, 6.07) is 12.9. The Morgan fingerprint density at radius 2 is 1.86 bits per heavy atom. The molecular formula is C25H35NO3. The number of benzene rings is 2. The zero-order chi connectivity index (χ0) is 21.2. The summed E-state index contributed by atoms with van der Waals surface area (Å²) >= 11 is 0. The van der Waals surface area contributed by atoms with Gasteiger partial charge in [0.25, 0.3) is 5.91 Å². The quantitative estimate of drug-likeness (QED) is 0.512. The van der Waals surface area contributed by atoms with Gasteiger partial charge in [-0.1, -0.05) is 45.7 Å². The molecule has 2 rings (SSSR count). The minimum absolute atomic E-state index is 0.0355. The molecule has 0 aliphatic carbocycles. The summed E-state index contributed by atoms with van der Waals surface area (Å²) in [7, 11) is 1.67. The molecule has 0 aliphatic heterocycles. The highest BCUT2D eigenvalue weighted by molar-refractivity contribution is 5.96. The Bertz CT molecular complexity index is 768. The Morgan fingerprint density at radius 1 is 1.14 bits per heavy atom. The molecule has 0 bridgehead atoms. The second kappa shape index (κ2) is 11.5. The molecular weight excluding hydrogens is 362 g/mol. The van der Waals surface area contributed by atoms with Gasteiger partial charge >= 0.3 is 0 Å². The Morgan fingerprint density at radius 3 is 2.48 bits per heavy atom. The third-order valence-corrected chi connectivity index (χ3v) is 5.24. The molecule has 0 aromatic heterocycles. The number of hydrogen-bond donors (Lipinski definition) is 2. The largest absolute Gasteiger partial charge is 0.508 e. The molecule has 1 unspecified atom stereocenters. The maximum atomic E-state index is 13.0. The van der Waals surface area contributed by atoms with Crippen molar-refractivity contribution in [3.05, 3.63) is 59.2 Å². The predicted octanol–water partition coefficient (Wildman–Crippen LogP) is 5.69. The molecule has 4 heteroatoms. The van der Waals surface area contributed by atoms with E-state index in [2.05, 4.69) is 26.1 Å². The van der Waals surface area contributed by atoms with E-state index in [1.165, 1.54) is 0 Å². The zero-order valence-electron chi connectivity index (χ0n) is 18.2. The van der Waals surface area contributed by atoms with Gasteiger partial charge in [0.15, 0.2) is 0 Å². The minimum atomic E-state index is -0.0355. The summed E-state index contributed by atoms with van der Waals surface area (Å²) in [6.45, 7) is 7.22. The molecule has 2 aromatic rings. The van der Waals surface area contributed by atoms with Crippen molar-refractivity contribution in [1.82, 2.24) is 5.32 Å². The predicted molar refractivity (Wildman–Crippen MR) is 119 cm³/mol. The van der Waals surface area contributed by atoms with Gasteiger partial charge in [0.05, 0.1) is 7.11 Å². The lowest BCUT2D eigenvalue weighted by Gasteiger charge is -2.23. The molecule has 4 nitrogen and oxygen atoms in total. The van der Waals surface area contributed by atoms with Crippen LogP contribution in [0.2, 0.25) is 0 Å². The van der Waals surface area contributed by atoms with Crippen molar-refractivity contribution < 1.29 is 14.6 Å². The number of phenols is 1. The van der Waals surface area contributed by atoms with Crippen LogP contribution in [0.15, 0.2) is 42.5 Å². The van der Waals surface area contributed by atoms with Crippen molar-refractivity contribution in [2.45, 2.75) is 58.8 Å². The normalized spacial score (nSPS) is 12.0. The molecule has 0 saturated carbocycles. The van der Waals surface area contributed by atoms with Gasteiger partial charge in [-0.2, -0.15) is 0 Å². The summed E-state index contributed by atoms with van der Waals surface area (Å²) in [5.41, 5.74) is 2.92. The summed E-state index contributed by atoms with van der Waals surface area (Å²) in [4.78, 5) is 13.0. The van der Waals surface area contributed by atoms with E-state index in [-0.39, 0.29) is 11.7 Å². The van der Waals surface area contributed by atoms with Crippen LogP contribution in [0.25, 0.3) is 0 Å². The Kier molecular flexibility index (Phi) is 9.04. The Hall–Kier alpha value is -2.49. The highest BCUT2D eigenvalue weighted by Crippen LogP contribution is 2.33. The van der Waals surface area contributed by atoms with Crippen LogP contribution in [-0.4, -0.2) is 24.7 Å². The second-order valence-corrected chi connectivity index (χ2v) is 8.09. The molecule has 29 heavy (non-hydrogen) atoms. The van der Waals surface area contributed by atoms with Crippen molar-refractivity contribution in [3.63, 3.8) is 0 Å². The van der Waals surface area contributed by atoms with E-state index < -0.39 is 0 Å². The van der Waals surface area contributed by atoms with Gasteiger partial charge in [0, 0.05) is 12.1 Å². The van der Waals surface area contributed by atoms with Gasteiger partial charge in [0.2, 0.25) is 0 Å². The molecule has 158 valence electrons. The molecule has 1 amide bonds. The smallest absolute Gasteiger partial charge is 0.251 e. The van der Waals surface area contributed by atoms with Gasteiger partial charge in [0.1, 0.15) is 11.5 Å². The highest BCUT2D eigenvalue weighted by atomic mass is 16.5. The number of amides is 1. The number of phenolic OH excluding ortho intramolecular Hbond substituents is 1. The molecule has 1 atom stereocenters. The standard InChI is InChI=1S/C25H35NO3/c1-5-6-7-20(16-18(2)3)24-17-22(29-4)12-13-23(24)25(28)26-15-14-19-8-10-21(27)11-9-19/h8-13,17-18,20,27H,5-7,14-16H2,1-4H3,(H,26,28). The third kappa shape index (κ3) is 7.12. The fourth-order valence-electron chi connectivity index (χ4n) is 3.71. The van der Waals surface area contributed by atoms with E-state index in [4.69, 9.17) is 4.74 Å². The van der Waals surface area contributed by atoms with Crippen molar-refractivity contribution in [2.75, 3.05) is 13.7 Å². The van der Waals surface area contributed by atoms with E-state index in [9.17, 15) is 9.90 Å². The van der Waals surface area contributed by atoms with Crippen LogP contribution < -0.4 is 10.1 Å². The van der Waals surface area contributed by atoms with Crippen molar-refractivity contribution in [2.24, 2.45) is 5.92 Å². The van der Waals surface area contributed by atoms with Crippen LogP contribution in [0.1, 0.15) is 73.9 Å². The maximum absolute atomic E-state index is 13.0. The first-order valence-corrected chi connectivity index (χ1v) is 10.7. The Balaban J connectivity index is 2.16. The average molecular weight is 398 g/mol. The molecule has 0 spiro atoms. The fraction of sp³-hybridized carbons (Fsp3) is 0.480. The first-order chi connectivity index (χ1) is 13.9. The molecule has 0 heterocycles. The van der Waals surface area contributed by atoms with Crippen LogP contribution in [0.5, 0.6) is 11.5 Å². The highest BCUT2D eigenvalue weighted by Gasteiger charge is 2.21. The van der Waals surface area contributed by atoms with Crippen LogP contribution in [0.4, 0.5) is 0 Å². The van der Waals surface area contributed by atoms with Crippen LogP contribution in [0, 0.1) is 5.92 Å². The summed E-state index contributed by atoms with van der Waals surface area (Å²) in [5, 5.41) is 12.5. The van der Waals surface area contributed by atoms with Gasteiger partial charge in [-0.05, 0) is 72.6 Å². The summed E-state index contributed by atoms with van der Waals surface area (Å²) < 4.78 is 5.45. The van der Waals surface area contributed by atoms with E-state index in [1.807, 2.05) is 30.3 Å². The SMILES string of the molecule is CCCCC(CC(C)C)c1cc(OC)ccc1C(=O)NCCc1ccc(O)cc1. The number of carbonyl (C=O) groups is 1. The second-order valence-electron chi connectivity index (χ2n) is 8.09. The van der Waals surface area contributed by atoms with Gasteiger partial charge in [-0.15, -0.1) is 0 Å². The lowest BCUT2D eigenvalue weighted by atomic mass is 9.83. The van der Waals surface area contributed by atoms with Gasteiger partial charge in [-0.3, -0.25) is 4.79 Å². The number of aromatic hydroxyl groups is 1. The molecule has 2 N–H and O–H groups in total. The molecule has 0 fully saturated rings. The van der Waals surface area contributed by atoms with E-state index in [0.29, 0.717) is 18.4 Å². The molecule has 0 radical (unpaired) electrons. The van der Waals surface area contributed by atoms with Crippen molar-refractivity contribution in [3.8, 4) is 11.5 Å². The topological polar surface area (TPSA) is 58.6 Å². The van der Waals surface area contributed by atoms with Crippen LogP contribution >= 0.6 is 0 Å². The van der Waals surface area contributed by atoms with Crippen molar-refractivity contribution >= 4 is 5.91 Å². The van der Waals surface area contributed by atoms with Gasteiger partial charge in [-0.25, -0.2) is 0 Å². The first-order valence-electron chi connectivity index (χ1n) is 10.7. The molecule has 0 saturated heterocycles. The monoisotopic (exact) mass is 397 g/mol. The third-order valence-electron chi connectivity index (χ3n) is 5.24. The lowest BCUT2D eigenvalue weighted by Crippen LogP contribution is -2.27. The van der Waals surface area contributed by atoms with Crippen LogP contribution in [-0.2, 0) is 6.42 Å². The van der Waals surface area contributed by atoms with Gasteiger partial charge < -0.3 is 15.2 Å². The number of hydrogen-bond acceptors (Lipinski definition) is 3. The number of unbranched alkanes of at least 4 members (excludes halogenated alkanes) is 1. The summed E-state index contributed by atoms with van der Waals surface area (Å²) in [5.74, 6) is 1.93. The number of rotatable bonds is 11. The summed E-state index contributed by atoms with van der Waals surface area (Å²) in [6.07, 6.45) is 5.16. The van der Waals surface area contributed by atoms with Crippen LogP contribution in [0.3, 0.4) is 0 Å².